The van der Waals surface area contributed by atoms with Crippen molar-refractivity contribution in [3.63, 3.8) is 0 Å². The molecule has 0 spiro atoms. The zero-order chi connectivity index (χ0) is 14.1. The van der Waals surface area contributed by atoms with Crippen molar-refractivity contribution in [3.05, 3.63) is 47.2 Å². The third-order valence-electron chi connectivity index (χ3n) is 3.53. The quantitative estimate of drug-likeness (QED) is 0.793. The van der Waals surface area contributed by atoms with Gasteiger partial charge in [-0.25, -0.2) is 0 Å². The first-order valence-corrected chi connectivity index (χ1v) is 6.57. The topological polar surface area (TPSA) is 66.6 Å². The summed E-state index contributed by atoms with van der Waals surface area (Å²) in [6, 6.07) is 11.1. The summed E-state index contributed by atoms with van der Waals surface area (Å²) in [5.74, 6) is 0.461. The van der Waals surface area contributed by atoms with Crippen molar-refractivity contribution in [2.45, 2.75) is 19.8 Å². The van der Waals surface area contributed by atoms with Gasteiger partial charge in [0.05, 0.1) is 23.0 Å². The monoisotopic (exact) mass is 263 g/mol. The highest BCUT2D eigenvalue weighted by Gasteiger charge is 2.24. The lowest BCUT2D eigenvalue weighted by Crippen LogP contribution is -2.20. The summed E-state index contributed by atoms with van der Waals surface area (Å²) in [7, 11) is 0. The predicted octanol–water partition coefficient (Wildman–Crippen LogP) is 2.78. The van der Waals surface area contributed by atoms with Crippen LogP contribution in [0.1, 0.15) is 35.0 Å². The molecule has 1 aromatic carbocycles. The zero-order valence-corrected chi connectivity index (χ0v) is 11.1. The molecule has 1 aliphatic carbocycles. The van der Waals surface area contributed by atoms with Gasteiger partial charge in [0.2, 0.25) is 0 Å². The van der Waals surface area contributed by atoms with Gasteiger partial charge in [-0.2, -0.15) is 15.5 Å². The van der Waals surface area contributed by atoms with E-state index >= 15 is 0 Å². The Kier molecular flexibility index (Phi) is 3.03. The highest BCUT2D eigenvalue weighted by atomic mass is 16.1. The highest BCUT2D eigenvalue weighted by Crippen LogP contribution is 2.26. The lowest BCUT2D eigenvalue weighted by atomic mass is 9.87. The number of ketones is 1. The molecule has 0 saturated carbocycles. The average molecular weight is 263 g/mol. The van der Waals surface area contributed by atoms with Gasteiger partial charge in [-0.05, 0) is 30.5 Å². The van der Waals surface area contributed by atoms with Gasteiger partial charge in [0, 0.05) is 17.5 Å². The van der Waals surface area contributed by atoms with Crippen LogP contribution in [0.2, 0.25) is 0 Å². The van der Waals surface area contributed by atoms with Crippen LogP contribution in [0.4, 0.5) is 0 Å². The number of aromatic nitrogens is 2. The van der Waals surface area contributed by atoms with E-state index in [1.165, 1.54) is 0 Å². The van der Waals surface area contributed by atoms with Crippen molar-refractivity contribution >= 4 is 5.78 Å². The molecule has 0 aliphatic heterocycles. The number of hydrogen-bond acceptors (Lipinski definition) is 4. The molecular weight excluding hydrogens is 250 g/mol. The number of carbonyl (C=O) groups is 1. The van der Waals surface area contributed by atoms with Gasteiger partial charge in [-0.1, -0.05) is 19.1 Å². The number of nitriles is 1. The van der Waals surface area contributed by atoms with Crippen molar-refractivity contribution in [2.24, 2.45) is 5.92 Å². The molecule has 98 valence electrons. The molecule has 0 amide bonds. The van der Waals surface area contributed by atoms with E-state index in [0.29, 0.717) is 29.2 Å². The number of rotatable bonds is 1. The first-order valence-electron chi connectivity index (χ1n) is 6.57. The smallest absolute Gasteiger partial charge is 0.165 e. The summed E-state index contributed by atoms with van der Waals surface area (Å²) in [6.45, 7) is 2.05. The van der Waals surface area contributed by atoms with Gasteiger partial charge >= 0.3 is 0 Å². The number of Topliss-reactive ketones (excluding diaryl/α,β-unsaturated/α-hetero) is 1. The van der Waals surface area contributed by atoms with Crippen LogP contribution in [0.3, 0.4) is 0 Å². The first kappa shape index (κ1) is 12.5. The van der Waals surface area contributed by atoms with Gasteiger partial charge in [-0.3, -0.25) is 4.79 Å². The molecule has 20 heavy (non-hydrogen) atoms. The number of nitrogens with zero attached hydrogens (tertiary/aromatic N) is 3. The van der Waals surface area contributed by atoms with Gasteiger partial charge in [0.1, 0.15) is 0 Å². The van der Waals surface area contributed by atoms with E-state index in [-0.39, 0.29) is 5.78 Å². The molecule has 1 aliphatic rings. The van der Waals surface area contributed by atoms with Crippen LogP contribution < -0.4 is 0 Å². The number of carbonyl (C=O) groups excluding carboxylic acids is 1. The molecule has 4 nitrogen and oxygen atoms in total. The van der Waals surface area contributed by atoms with E-state index in [2.05, 4.69) is 16.3 Å². The third kappa shape index (κ3) is 2.19. The lowest BCUT2D eigenvalue weighted by molar-refractivity contribution is 0.0951. The zero-order valence-electron chi connectivity index (χ0n) is 11.1. The van der Waals surface area contributed by atoms with E-state index in [0.717, 1.165) is 17.7 Å². The number of hydrogen-bond donors (Lipinski definition) is 0. The Morgan fingerprint density at radius 1 is 1.25 bits per heavy atom. The molecular formula is C16H13N3O. The molecule has 1 heterocycles. The van der Waals surface area contributed by atoms with Crippen molar-refractivity contribution in [1.29, 1.82) is 5.26 Å². The predicted molar refractivity (Wildman–Crippen MR) is 74.0 cm³/mol. The molecule has 0 N–H and O–H groups in total. The fraction of sp³-hybridized carbons (Fsp3) is 0.250. The Bertz CT molecular complexity index is 731. The average Bonchev–Trinajstić information content (AvgIpc) is 2.47. The maximum Gasteiger partial charge on any atom is 0.165 e. The van der Waals surface area contributed by atoms with Crippen molar-refractivity contribution in [2.75, 3.05) is 0 Å². The number of fused-ring (bicyclic) bond motifs is 1. The maximum absolute atomic E-state index is 12.1. The number of benzene rings is 1. The van der Waals surface area contributed by atoms with Crippen LogP contribution in [-0.4, -0.2) is 16.0 Å². The van der Waals surface area contributed by atoms with Crippen LogP contribution in [0.5, 0.6) is 0 Å². The molecule has 1 unspecified atom stereocenters. The van der Waals surface area contributed by atoms with Crippen LogP contribution in [-0.2, 0) is 6.42 Å². The minimum Gasteiger partial charge on any atom is -0.294 e. The molecule has 3 rings (SSSR count). The lowest BCUT2D eigenvalue weighted by Gasteiger charge is -2.19. The SMILES string of the molecule is CC1CC(=O)c2cc(-c3cccc(C#N)c3)nnc2C1. The Hall–Kier alpha value is -2.54. The second-order valence-corrected chi connectivity index (χ2v) is 5.22. The second-order valence-electron chi connectivity index (χ2n) is 5.22. The van der Waals surface area contributed by atoms with E-state index < -0.39 is 0 Å². The van der Waals surface area contributed by atoms with Gasteiger partial charge in [0.15, 0.2) is 5.78 Å². The molecule has 1 atom stereocenters. The van der Waals surface area contributed by atoms with Crippen LogP contribution >= 0.6 is 0 Å². The van der Waals surface area contributed by atoms with Crippen LogP contribution in [0, 0.1) is 17.2 Å². The van der Waals surface area contributed by atoms with Gasteiger partial charge in [-0.15, -0.1) is 0 Å². The third-order valence-corrected chi connectivity index (χ3v) is 3.53. The van der Waals surface area contributed by atoms with Crippen molar-refractivity contribution < 1.29 is 4.79 Å². The first-order chi connectivity index (χ1) is 9.67. The van der Waals surface area contributed by atoms with E-state index in [4.69, 9.17) is 5.26 Å². The summed E-state index contributed by atoms with van der Waals surface area (Å²) in [5.41, 5.74) is 3.49. The Morgan fingerprint density at radius 2 is 2.10 bits per heavy atom. The fourth-order valence-electron chi connectivity index (χ4n) is 2.53. The highest BCUT2D eigenvalue weighted by molar-refractivity contribution is 5.98. The van der Waals surface area contributed by atoms with Crippen molar-refractivity contribution in [1.82, 2.24) is 10.2 Å². The summed E-state index contributed by atoms with van der Waals surface area (Å²) in [4.78, 5) is 12.1. The minimum atomic E-state index is 0.131. The van der Waals surface area contributed by atoms with E-state index in [1.54, 1.807) is 24.3 Å². The largest absolute Gasteiger partial charge is 0.294 e. The normalized spacial score (nSPS) is 17.4. The molecule has 1 aromatic heterocycles. The summed E-state index contributed by atoms with van der Waals surface area (Å²) >= 11 is 0. The van der Waals surface area contributed by atoms with Crippen LogP contribution in [0.25, 0.3) is 11.3 Å². The second kappa shape index (κ2) is 4.86. The Balaban J connectivity index is 2.06. The molecule has 0 bridgehead atoms. The Morgan fingerprint density at radius 3 is 2.90 bits per heavy atom. The van der Waals surface area contributed by atoms with E-state index in [9.17, 15) is 4.79 Å². The molecule has 0 fully saturated rings. The summed E-state index contributed by atoms with van der Waals surface area (Å²) in [6.07, 6.45) is 1.36. The molecule has 0 saturated heterocycles. The molecule has 0 radical (unpaired) electrons. The maximum atomic E-state index is 12.1. The Labute approximate surface area is 117 Å². The minimum absolute atomic E-state index is 0.131. The van der Waals surface area contributed by atoms with Crippen molar-refractivity contribution in [3.8, 4) is 17.3 Å². The van der Waals surface area contributed by atoms with Crippen LogP contribution in [0.15, 0.2) is 30.3 Å². The summed E-state index contributed by atoms with van der Waals surface area (Å²) < 4.78 is 0. The fourth-order valence-corrected chi connectivity index (χ4v) is 2.53. The molecule has 2 aromatic rings. The summed E-state index contributed by atoms with van der Waals surface area (Å²) in [5, 5.41) is 17.3. The standard InChI is InChI=1S/C16H13N3O/c1-10-5-15-13(16(20)6-10)8-14(18-19-15)12-4-2-3-11(7-12)9-17/h2-4,7-8,10H,5-6H2,1H3. The molecule has 4 heteroatoms. The van der Waals surface area contributed by atoms with Gasteiger partial charge < -0.3 is 0 Å². The van der Waals surface area contributed by atoms with E-state index in [1.807, 2.05) is 13.0 Å². The van der Waals surface area contributed by atoms with Gasteiger partial charge in [0.25, 0.3) is 0 Å².